The second kappa shape index (κ2) is 16.0. The molecule has 0 aromatic carbocycles. The quantitative estimate of drug-likeness (QED) is 0.323. The standard InChI is InChI=1S/C15H26O6S3/c1-4-19-13(16)9-22-7-12(24-11-15(18)21-6-3)8-23-10-14(17)20-5-2/h12H,4-11H2,1-3H3. The van der Waals surface area contributed by atoms with Gasteiger partial charge in [-0.1, -0.05) is 0 Å². The average Bonchev–Trinajstić information content (AvgIpc) is 2.53. The fraction of sp³-hybridized carbons (Fsp3) is 0.800. The number of thioether (sulfide) groups is 3. The molecule has 0 N–H and O–H groups in total. The number of carbonyl (C=O) groups excluding carboxylic acids is 3. The Hall–Kier alpha value is -0.540. The van der Waals surface area contributed by atoms with Gasteiger partial charge in [-0.2, -0.15) is 0 Å². The Morgan fingerprint density at radius 2 is 1.08 bits per heavy atom. The van der Waals surface area contributed by atoms with E-state index < -0.39 is 0 Å². The van der Waals surface area contributed by atoms with Crippen LogP contribution in [0.2, 0.25) is 0 Å². The van der Waals surface area contributed by atoms with Gasteiger partial charge in [-0.15, -0.1) is 35.3 Å². The normalized spacial score (nSPS) is 10.5. The summed E-state index contributed by atoms with van der Waals surface area (Å²) in [6.45, 7) is 6.41. The van der Waals surface area contributed by atoms with Crippen molar-refractivity contribution < 1.29 is 28.6 Å². The molecular weight excluding hydrogens is 372 g/mol. The minimum absolute atomic E-state index is 0.133. The smallest absolute Gasteiger partial charge is 0.315 e. The third kappa shape index (κ3) is 13.9. The van der Waals surface area contributed by atoms with Crippen molar-refractivity contribution in [2.24, 2.45) is 0 Å². The summed E-state index contributed by atoms with van der Waals surface area (Å²) in [5.74, 6) is 1.49. The summed E-state index contributed by atoms with van der Waals surface area (Å²) >= 11 is 4.41. The SMILES string of the molecule is CCOC(=O)CSCC(CSCC(=O)OCC)SCC(=O)OCC. The van der Waals surface area contributed by atoms with Crippen LogP contribution in [-0.4, -0.2) is 71.7 Å². The summed E-state index contributed by atoms with van der Waals surface area (Å²) in [5, 5.41) is 0.133. The Kier molecular flexibility index (Phi) is 15.6. The summed E-state index contributed by atoms with van der Waals surface area (Å²) in [7, 11) is 0. The Labute approximate surface area is 156 Å². The molecule has 6 nitrogen and oxygen atoms in total. The Bertz CT molecular complexity index is 354. The summed E-state index contributed by atoms with van der Waals surface area (Å²) in [6.07, 6.45) is 0. The van der Waals surface area contributed by atoms with Gasteiger partial charge in [0.15, 0.2) is 0 Å². The van der Waals surface area contributed by atoms with Crippen LogP contribution in [0.25, 0.3) is 0 Å². The fourth-order valence-corrected chi connectivity index (χ4v) is 4.93. The highest BCUT2D eigenvalue weighted by molar-refractivity contribution is 8.05. The maximum Gasteiger partial charge on any atom is 0.315 e. The third-order valence-corrected chi connectivity index (χ3v) is 6.19. The second-order valence-electron chi connectivity index (χ2n) is 4.38. The van der Waals surface area contributed by atoms with E-state index in [1.54, 1.807) is 20.8 Å². The first kappa shape index (κ1) is 23.5. The molecule has 0 aliphatic rings. The molecule has 0 saturated carbocycles. The Balaban J connectivity index is 4.19. The largest absolute Gasteiger partial charge is 0.465 e. The predicted molar refractivity (Wildman–Crippen MR) is 101 cm³/mol. The molecule has 9 heteroatoms. The van der Waals surface area contributed by atoms with E-state index in [1.165, 1.54) is 35.3 Å². The van der Waals surface area contributed by atoms with Gasteiger partial charge in [0.2, 0.25) is 0 Å². The first-order valence-corrected chi connectivity index (χ1v) is 11.1. The van der Waals surface area contributed by atoms with Crippen molar-refractivity contribution >= 4 is 53.2 Å². The van der Waals surface area contributed by atoms with Gasteiger partial charge in [0, 0.05) is 16.8 Å². The highest BCUT2D eigenvalue weighted by atomic mass is 32.2. The van der Waals surface area contributed by atoms with Crippen LogP contribution in [0.1, 0.15) is 20.8 Å². The number of hydrogen-bond donors (Lipinski definition) is 0. The first-order valence-electron chi connectivity index (χ1n) is 7.77. The van der Waals surface area contributed by atoms with Crippen LogP contribution in [0.5, 0.6) is 0 Å². The van der Waals surface area contributed by atoms with E-state index >= 15 is 0 Å². The molecule has 0 radical (unpaired) electrons. The summed E-state index contributed by atoms with van der Waals surface area (Å²) < 4.78 is 14.7. The minimum Gasteiger partial charge on any atom is -0.465 e. The molecule has 0 atom stereocenters. The number of esters is 3. The number of hydrogen-bond acceptors (Lipinski definition) is 9. The van der Waals surface area contributed by atoms with Crippen molar-refractivity contribution in [3.05, 3.63) is 0 Å². The van der Waals surface area contributed by atoms with Crippen LogP contribution >= 0.6 is 35.3 Å². The first-order chi connectivity index (χ1) is 11.5. The molecule has 0 rings (SSSR count). The van der Waals surface area contributed by atoms with E-state index in [2.05, 4.69) is 0 Å². The molecule has 140 valence electrons. The lowest BCUT2D eigenvalue weighted by Gasteiger charge is -2.15. The van der Waals surface area contributed by atoms with Gasteiger partial charge in [-0.25, -0.2) is 0 Å². The van der Waals surface area contributed by atoms with E-state index in [-0.39, 0.29) is 40.4 Å². The zero-order chi connectivity index (χ0) is 18.2. The van der Waals surface area contributed by atoms with Crippen molar-refractivity contribution in [3.63, 3.8) is 0 Å². The van der Waals surface area contributed by atoms with Gasteiger partial charge in [0.05, 0.1) is 37.1 Å². The van der Waals surface area contributed by atoms with Crippen molar-refractivity contribution in [2.45, 2.75) is 26.0 Å². The Morgan fingerprint density at radius 1 is 0.708 bits per heavy atom. The number of rotatable bonds is 14. The Morgan fingerprint density at radius 3 is 1.46 bits per heavy atom. The fourth-order valence-electron chi connectivity index (χ4n) is 1.49. The monoisotopic (exact) mass is 398 g/mol. The molecule has 0 spiro atoms. The molecular formula is C15H26O6S3. The highest BCUT2D eigenvalue weighted by Gasteiger charge is 2.15. The van der Waals surface area contributed by atoms with E-state index in [0.717, 1.165) is 0 Å². The topological polar surface area (TPSA) is 78.9 Å². The number of carbonyl (C=O) groups is 3. The molecule has 0 amide bonds. The zero-order valence-electron chi connectivity index (χ0n) is 14.4. The molecule has 24 heavy (non-hydrogen) atoms. The van der Waals surface area contributed by atoms with E-state index in [1.807, 2.05) is 0 Å². The minimum atomic E-state index is -0.252. The molecule has 0 aliphatic heterocycles. The van der Waals surface area contributed by atoms with Crippen molar-refractivity contribution in [1.82, 2.24) is 0 Å². The van der Waals surface area contributed by atoms with Crippen LogP contribution in [0.3, 0.4) is 0 Å². The molecule has 0 unspecified atom stereocenters. The van der Waals surface area contributed by atoms with E-state index in [9.17, 15) is 14.4 Å². The van der Waals surface area contributed by atoms with Gasteiger partial charge >= 0.3 is 17.9 Å². The molecule has 0 heterocycles. The maximum absolute atomic E-state index is 11.5. The molecule has 0 aromatic rings. The highest BCUT2D eigenvalue weighted by Crippen LogP contribution is 2.21. The van der Waals surface area contributed by atoms with Crippen LogP contribution in [0, 0.1) is 0 Å². The van der Waals surface area contributed by atoms with Gasteiger partial charge in [0.1, 0.15) is 0 Å². The second-order valence-corrected chi connectivity index (χ2v) is 7.73. The van der Waals surface area contributed by atoms with Gasteiger partial charge in [0.25, 0.3) is 0 Å². The lowest BCUT2D eigenvalue weighted by molar-refractivity contribution is -0.140. The lowest BCUT2D eigenvalue weighted by atomic mass is 10.5. The molecule has 0 bridgehead atoms. The van der Waals surface area contributed by atoms with Gasteiger partial charge in [-0.05, 0) is 20.8 Å². The van der Waals surface area contributed by atoms with Crippen molar-refractivity contribution in [1.29, 1.82) is 0 Å². The van der Waals surface area contributed by atoms with Crippen molar-refractivity contribution in [3.8, 4) is 0 Å². The van der Waals surface area contributed by atoms with Crippen LogP contribution in [-0.2, 0) is 28.6 Å². The molecule has 0 aliphatic carbocycles. The summed E-state index contributed by atoms with van der Waals surface area (Å²) in [5.41, 5.74) is 0. The summed E-state index contributed by atoms with van der Waals surface area (Å²) in [6, 6.07) is 0. The predicted octanol–water partition coefficient (Wildman–Crippen LogP) is 2.24. The van der Waals surface area contributed by atoms with Gasteiger partial charge in [-0.3, -0.25) is 14.4 Å². The maximum atomic E-state index is 11.5. The summed E-state index contributed by atoms with van der Waals surface area (Å²) in [4.78, 5) is 34.2. The molecule has 0 fully saturated rings. The van der Waals surface area contributed by atoms with E-state index in [4.69, 9.17) is 14.2 Å². The van der Waals surface area contributed by atoms with Crippen LogP contribution in [0.15, 0.2) is 0 Å². The zero-order valence-corrected chi connectivity index (χ0v) is 16.9. The van der Waals surface area contributed by atoms with Crippen LogP contribution in [0.4, 0.5) is 0 Å². The molecule has 0 aromatic heterocycles. The average molecular weight is 399 g/mol. The van der Waals surface area contributed by atoms with Crippen molar-refractivity contribution in [2.75, 3.05) is 48.6 Å². The lowest BCUT2D eigenvalue weighted by Crippen LogP contribution is -2.18. The van der Waals surface area contributed by atoms with Crippen LogP contribution < -0.4 is 0 Å². The van der Waals surface area contributed by atoms with E-state index in [0.29, 0.717) is 31.3 Å². The molecule has 0 saturated heterocycles. The number of ether oxygens (including phenoxy) is 3. The van der Waals surface area contributed by atoms with Gasteiger partial charge < -0.3 is 14.2 Å². The third-order valence-electron chi connectivity index (χ3n) is 2.40.